The number of hydrogen-bond donors (Lipinski definition) is 3. The standard InChI is InChI=1S/C21H28O5/c1-12(22)20(25)8-9-21(26)17-14(11-16(24)19(20,21)3)18(2)7-5-4-6-13(18)10-15(17)23/h4,6,10,14,16-17,24-26H,5,7-9,11H2,1-3H3/t14-,16+,17-,18-,19+,20-,21+/m0/s1. The van der Waals surface area contributed by atoms with E-state index in [-0.39, 0.29) is 30.0 Å². The number of aliphatic hydroxyl groups excluding tert-OH is 1. The minimum absolute atomic E-state index is 0.0656. The molecule has 5 heteroatoms. The first-order valence-electron chi connectivity index (χ1n) is 9.59. The van der Waals surface area contributed by atoms with Crippen LogP contribution in [0.4, 0.5) is 0 Å². The molecule has 0 aromatic carbocycles. The molecule has 0 saturated heterocycles. The van der Waals surface area contributed by atoms with Crippen LogP contribution >= 0.6 is 0 Å². The van der Waals surface area contributed by atoms with Gasteiger partial charge in [0.15, 0.2) is 11.6 Å². The van der Waals surface area contributed by atoms with Crippen LogP contribution in [0.15, 0.2) is 23.8 Å². The highest BCUT2D eigenvalue weighted by molar-refractivity contribution is 5.96. The van der Waals surface area contributed by atoms with Crippen LogP contribution in [0.3, 0.4) is 0 Å². The lowest BCUT2D eigenvalue weighted by Crippen LogP contribution is -2.71. The fraction of sp³-hybridized carbons (Fsp3) is 0.714. The maximum Gasteiger partial charge on any atom is 0.162 e. The minimum Gasteiger partial charge on any atom is -0.392 e. The van der Waals surface area contributed by atoms with E-state index in [2.05, 4.69) is 13.0 Å². The minimum atomic E-state index is -1.82. The molecule has 0 amide bonds. The van der Waals surface area contributed by atoms with Gasteiger partial charge in [-0.25, -0.2) is 0 Å². The SMILES string of the molecule is CC(=O)[C@@]1(O)CC[C@@]2(O)[C@@H]3C(=O)C=C4C=CCC[C@]4(C)[C@H]3C[C@@H](O)[C@@]21C. The second kappa shape index (κ2) is 5.15. The zero-order valence-corrected chi connectivity index (χ0v) is 15.7. The second-order valence-corrected chi connectivity index (χ2v) is 9.24. The Hall–Kier alpha value is -1.30. The number of carbonyl (C=O) groups is 2. The molecule has 26 heavy (non-hydrogen) atoms. The largest absolute Gasteiger partial charge is 0.392 e. The van der Waals surface area contributed by atoms with Crippen LogP contribution in [0.25, 0.3) is 0 Å². The molecular formula is C21H28O5. The van der Waals surface area contributed by atoms with Crippen molar-refractivity contribution in [1.29, 1.82) is 0 Å². The van der Waals surface area contributed by atoms with Gasteiger partial charge in [0, 0.05) is 0 Å². The molecular weight excluding hydrogens is 332 g/mol. The summed E-state index contributed by atoms with van der Waals surface area (Å²) in [6, 6.07) is 0. The van der Waals surface area contributed by atoms with Crippen molar-refractivity contribution in [2.24, 2.45) is 22.7 Å². The van der Waals surface area contributed by atoms with Crippen molar-refractivity contribution in [3.05, 3.63) is 23.8 Å². The third kappa shape index (κ3) is 1.77. The molecule has 4 aliphatic carbocycles. The lowest BCUT2D eigenvalue weighted by atomic mass is 9.44. The van der Waals surface area contributed by atoms with Crippen LogP contribution in [0, 0.1) is 22.7 Å². The number of aliphatic hydroxyl groups is 3. The van der Waals surface area contributed by atoms with Crippen molar-refractivity contribution in [2.45, 2.75) is 70.2 Å². The highest BCUT2D eigenvalue weighted by atomic mass is 16.3. The molecule has 0 aromatic rings. The fourth-order valence-corrected chi connectivity index (χ4v) is 6.62. The molecule has 0 radical (unpaired) electrons. The van der Waals surface area contributed by atoms with Gasteiger partial charge < -0.3 is 15.3 Å². The van der Waals surface area contributed by atoms with Crippen molar-refractivity contribution in [3.8, 4) is 0 Å². The van der Waals surface area contributed by atoms with Gasteiger partial charge in [-0.15, -0.1) is 0 Å². The van der Waals surface area contributed by atoms with Crippen molar-refractivity contribution in [2.75, 3.05) is 0 Å². The summed E-state index contributed by atoms with van der Waals surface area (Å²) in [6.07, 6.45) is 6.89. The summed E-state index contributed by atoms with van der Waals surface area (Å²) in [7, 11) is 0. The first kappa shape index (κ1) is 18.1. The Kier molecular flexibility index (Phi) is 3.58. The van der Waals surface area contributed by atoms with Gasteiger partial charge in [-0.3, -0.25) is 9.59 Å². The third-order valence-corrected chi connectivity index (χ3v) is 8.48. The summed E-state index contributed by atoms with van der Waals surface area (Å²) in [5, 5.41) is 34.0. The molecule has 0 unspecified atom stereocenters. The van der Waals surface area contributed by atoms with Crippen molar-refractivity contribution in [1.82, 2.24) is 0 Å². The van der Waals surface area contributed by atoms with Gasteiger partial charge in [-0.05, 0) is 62.0 Å². The molecule has 0 aromatic heterocycles. The number of carbonyl (C=O) groups excluding carboxylic acids is 2. The molecule has 2 fully saturated rings. The monoisotopic (exact) mass is 360 g/mol. The Morgan fingerprint density at radius 2 is 1.88 bits per heavy atom. The van der Waals surface area contributed by atoms with Gasteiger partial charge in [-0.1, -0.05) is 26.0 Å². The maximum absolute atomic E-state index is 13.1. The second-order valence-electron chi connectivity index (χ2n) is 9.24. The first-order chi connectivity index (χ1) is 12.0. The predicted octanol–water partition coefficient (Wildman–Crippen LogP) is 1.70. The van der Waals surface area contributed by atoms with Crippen molar-refractivity contribution < 1.29 is 24.9 Å². The number of ketones is 2. The highest BCUT2D eigenvalue weighted by Crippen LogP contribution is 2.67. The van der Waals surface area contributed by atoms with Crippen molar-refractivity contribution in [3.63, 3.8) is 0 Å². The summed E-state index contributed by atoms with van der Waals surface area (Å²) in [5.41, 5.74) is -4.19. The van der Waals surface area contributed by atoms with Gasteiger partial charge in [0.2, 0.25) is 0 Å². The fourth-order valence-electron chi connectivity index (χ4n) is 6.62. The summed E-state index contributed by atoms with van der Waals surface area (Å²) >= 11 is 0. The lowest BCUT2D eigenvalue weighted by molar-refractivity contribution is -0.247. The summed E-state index contributed by atoms with van der Waals surface area (Å²) in [5.74, 6) is -1.52. The first-order valence-corrected chi connectivity index (χ1v) is 9.59. The van der Waals surface area contributed by atoms with Gasteiger partial charge in [-0.2, -0.15) is 0 Å². The van der Waals surface area contributed by atoms with E-state index in [0.29, 0.717) is 6.42 Å². The number of allylic oxidation sites excluding steroid dienone is 4. The normalized spacial score (nSPS) is 52.8. The van der Waals surface area contributed by atoms with Crippen LogP contribution < -0.4 is 0 Å². The molecule has 4 aliphatic rings. The molecule has 2 saturated carbocycles. The van der Waals surface area contributed by atoms with E-state index < -0.39 is 34.4 Å². The van der Waals surface area contributed by atoms with Crippen LogP contribution in [0.1, 0.15) is 52.9 Å². The molecule has 0 aliphatic heterocycles. The summed E-state index contributed by atoms with van der Waals surface area (Å²) in [6.45, 7) is 4.99. The molecule has 0 heterocycles. The van der Waals surface area contributed by atoms with E-state index in [4.69, 9.17) is 0 Å². The predicted molar refractivity (Wildman–Crippen MR) is 95.1 cm³/mol. The summed E-state index contributed by atoms with van der Waals surface area (Å²) < 4.78 is 0. The zero-order chi connectivity index (χ0) is 19.1. The smallest absolute Gasteiger partial charge is 0.162 e. The van der Waals surface area contributed by atoms with Gasteiger partial charge >= 0.3 is 0 Å². The van der Waals surface area contributed by atoms with E-state index in [1.165, 1.54) is 6.92 Å². The van der Waals surface area contributed by atoms with Crippen LogP contribution in [-0.2, 0) is 9.59 Å². The Labute approximate surface area is 153 Å². The van der Waals surface area contributed by atoms with E-state index in [0.717, 1.165) is 18.4 Å². The third-order valence-electron chi connectivity index (χ3n) is 8.48. The Bertz CT molecular complexity index is 754. The van der Waals surface area contributed by atoms with E-state index in [9.17, 15) is 24.9 Å². The molecule has 5 nitrogen and oxygen atoms in total. The molecule has 3 N–H and O–H groups in total. The maximum atomic E-state index is 13.1. The molecule has 0 spiro atoms. The Morgan fingerprint density at radius 1 is 1.19 bits per heavy atom. The topological polar surface area (TPSA) is 94.8 Å². The average Bonchev–Trinajstić information content (AvgIpc) is 2.80. The molecule has 142 valence electrons. The Morgan fingerprint density at radius 3 is 2.54 bits per heavy atom. The number of hydrogen-bond acceptors (Lipinski definition) is 5. The van der Waals surface area contributed by atoms with E-state index in [1.54, 1.807) is 13.0 Å². The van der Waals surface area contributed by atoms with Crippen LogP contribution in [-0.4, -0.2) is 44.2 Å². The highest BCUT2D eigenvalue weighted by Gasteiger charge is 2.76. The van der Waals surface area contributed by atoms with E-state index >= 15 is 0 Å². The van der Waals surface area contributed by atoms with E-state index in [1.807, 2.05) is 6.08 Å². The Balaban J connectivity index is 1.90. The number of fused-ring (bicyclic) bond motifs is 5. The summed E-state index contributed by atoms with van der Waals surface area (Å²) in [4.78, 5) is 25.4. The van der Waals surface area contributed by atoms with Crippen molar-refractivity contribution >= 4 is 11.6 Å². The number of rotatable bonds is 1. The average molecular weight is 360 g/mol. The lowest BCUT2D eigenvalue weighted by Gasteiger charge is -2.61. The van der Waals surface area contributed by atoms with Gasteiger partial charge in [0.05, 0.1) is 23.0 Å². The van der Waals surface area contributed by atoms with Gasteiger partial charge in [0.25, 0.3) is 0 Å². The molecule has 0 bridgehead atoms. The van der Waals surface area contributed by atoms with Crippen LogP contribution in [0.5, 0.6) is 0 Å². The van der Waals surface area contributed by atoms with Crippen LogP contribution in [0.2, 0.25) is 0 Å². The zero-order valence-electron chi connectivity index (χ0n) is 15.7. The van der Waals surface area contributed by atoms with Gasteiger partial charge in [0.1, 0.15) is 5.60 Å². The quantitative estimate of drug-likeness (QED) is 0.662. The number of Topliss-reactive ketones (excluding diaryl/α,β-unsaturated/α-hetero) is 1. The molecule has 4 rings (SSSR count). The molecule has 7 atom stereocenters.